The van der Waals surface area contributed by atoms with Gasteiger partial charge in [-0.25, -0.2) is 4.79 Å². The van der Waals surface area contributed by atoms with E-state index in [0.29, 0.717) is 18.4 Å². The van der Waals surface area contributed by atoms with E-state index in [-0.39, 0.29) is 50.3 Å². The fourth-order valence-corrected chi connectivity index (χ4v) is 4.08. The molecule has 3 rings (SSSR count). The zero-order valence-corrected chi connectivity index (χ0v) is 20.9. The van der Waals surface area contributed by atoms with Gasteiger partial charge in [0.05, 0.1) is 38.0 Å². The van der Waals surface area contributed by atoms with Gasteiger partial charge >= 0.3 is 11.9 Å². The topological polar surface area (TPSA) is 115 Å². The Kier molecular flexibility index (Phi) is 9.16. The van der Waals surface area contributed by atoms with E-state index >= 15 is 0 Å². The molecule has 0 aliphatic carbocycles. The molecule has 204 valence electrons. The number of aliphatic hydroxyl groups excluding tert-OH is 1. The molecule has 1 aromatic heterocycles. The maximum Gasteiger partial charge on any atom is 0.418 e. The molecule has 0 spiro atoms. The Morgan fingerprint density at radius 1 is 1.24 bits per heavy atom. The minimum Gasteiger partial charge on any atom is -0.394 e. The minimum atomic E-state index is -4.62. The van der Waals surface area contributed by atoms with Crippen LogP contribution in [0.25, 0.3) is 0 Å². The van der Waals surface area contributed by atoms with Crippen LogP contribution in [0.5, 0.6) is 0 Å². The number of nitrogens with one attached hydrogen (secondary N) is 1. The van der Waals surface area contributed by atoms with E-state index in [9.17, 15) is 32.7 Å². The molecule has 1 fully saturated rings. The van der Waals surface area contributed by atoms with Gasteiger partial charge in [-0.15, -0.1) is 0 Å². The van der Waals surface area contributed by atoms with Crippen molar-refractivity contribution < 1.29 is 32.5 Å². The maximum absolute atomic E-state index is 13.4. The summed E-state index contributed by atoms with van der Waals surface area (Å²) < 4.78 is 53.6. The van der Waals surface area contributed by atoms with E-state index in [1.807, 2.05) is 0 Å². The van der Waals surface area contributed by atoms with Gasteiger partial charge in [-0.3, -0.25) is 18.7 Å². The van der Waals surface area contributed by atoms with Crippen molar-refractivity contribution in [3.05, 3.63) is 61.9 Å². The third-order valence-electron chi connectivity index (χ3n) is 6.00. The van der Waals surface area contributed by atoms with E-state index in [2.05, 4.69) is 5.32 Å². The van der Waals surface area contributed by atoms with E-state index in [4.69, 9.17) is 9.47 Å². The molecule has 0 bridgehead atoms. The lowest BCUT2D eigenvalue weighted by Gasteiger charge is -2.20. The standard InChI is InChI=1S/C24H31F3N4O6/c1-15-13-31(20-7-5-17(14-32)37-20)23(35)30(22(15)34)9-11-36-10-8-28-21(33)16-4-6-19(29(2)3)18(12-16)24(25,26)27/h4,6,12-13,17,20,32H,5,7-11,14H2,1-3H3,(H,28,33). The molecule has 2 heterocycles. The lowest BCUT2D eigenvalue weighted by atomic mass is 10.1. The van der Waals surface area contributed by atoms with Crippen LogP contribution in [0.4, 0.5) is 18.9 Å². The molecule has 2 unspecified atom stereocenters. The second-order valence-electron chi connectivity index (χ2n) is 8.92. The highest BCUT2D eigenvalue weighted by atomic mass is 19.4. The van der Waals surface area contributed by atoms with Crippen LogP contribution in [0.2, 0.25) is 0 Å². The number of aryl methyl sites for hydroxylation is 1. The van der Waals surface area contributed by atoms with Crippen molar-refractivity contribution in [1.82, 2.24) is 14.5 Å². The highest BCUT2D eigenvalue weighted by molar-refractivity contribution is 5.95. The van der Waals surface area contributed by atoms with Crippen LogP contribution in [0.1, 0.15) is 40.6 Å². The summed E-state index contributed by atoms with van der Waals surface area (Å²) in [5, 5.41) is 11.8. The van der Waals surface area contributed by atoms with Gasteiger partial charge in [0, 0.05) is 43.7 Å². The number of nitrogens with zero attached hydrogens (tertiary/aromatic N) is 3. The van der Waals surface area contributed by atoms with Crippen LogP contribution in [0.15, 0.2) is 34.0 Å². The lowest BCUT2D eigenvalue weighted by Crippen LogP contribution is -2.43. The SMILES string of the molecule is Cc1cn(C2CCC(CO)O2)c(=O)n(CCOCCNC(=O)c2ccc(N(C)C)c(C(F)(F)F)c2)c1=O. The highest BCUT2D eigenvalue weighted by Gasteiger charge is 2.35. The van der Waals surface area contributed by atoms with E-state index < -0.39 is 35.1 Å². The van der Waals surface area contributed by atoms with Crippen molar-refractivity contribution in [2.45, 2.75) is 44.8 Å². The Hall–Kier alpha value is -3.16. The first-order valence-corrected chi connectivity index (χ1v) is 11.8. The first kappa shape index (κ1) is 28.4. The minimum absolute atomic E-state index is 0.00495. The molecular formula is C24H31F3N4O6. The summed E-state index contributed by atoms with van der Waals surface area (Å²) in [5.41, 5.74) is -1.77. The fourth-order valence-electron chi connectivity index (χ4n) is 4.08. The number of hydrogen-bond acceptors (Lipinski definition) is 7. The predicted molar refractivity (Wildman–Crippen MR) is 129 cm³/mol. The first-order chi connectivity index (χ1) is 17.4. The van der Waals surface area contributed by atoms with Gasteiger partial charge in [-0.2, -0.15) is 13.2 Å². The molecule has 2 aromatic rings. The number of amides is 1. The van der Waals surface area contributed by atoms with Crippen molar-refractivity contribution in [3.8, 4) is 0 Å². The highest BCUT2D eigenvalue weighted by Crippen LogP contribution is 2.36. The van der Waals surface area contributed by atoms with Crippen molar-refractivity contribution in [3.63, 3.8) is 0 Å². The van der Waals surface area contributed by atoms with Crippen molar-refractivity contribution in [2.75, 3.05) is 45.4 Å². The van der Waals surface area contributed by atoms with Crippen molar-refractivity contribution in [2.24, 2.45) is 0 Å². The Balaban J connectivity index is 1.54. The molecule has 1 aliphatic rings. The summed E-state index contributed by atoms with van der Waals surface area (Å²) in [4.78, 5) is 39.0. The number of aliphatic hydroxyl groups is 1. The van der Waals surface area contributed by atoms with E-state index in [0.717, 1.165) is 10.6 Å². The van der Waals surface area contributed by atoms with Gasteiger partial charge < -0.3 is 24.8 Å². The molecule has 1 aromatic carbocycles. The fraction of sp³-hybridized carbons (Fsp3) is 0.542. The number of halogens is 3. The molecule has 0 radical (unpaired) electrons. The molecule has 1 amide bonds. The molecule has 0 saturated carbocycles. The van der Waals surface area contributed by atoms with Crippen molar-refractivity contribution in [1.29, 1.82) is 0 Å². The zero-order valence-electron chi connectivity index (χ0n) is 20.9. The number of rotatable bonds is 10. The number of anilines is 1. The molecule has 1 saturated heterocycles. The van der Waals surface area contributed by atoms with Crippen LogP contribution in [-0.2, 0) is 22.2 Å². The third kappa shape index (κ3) is 6.79. The third-order valence-corrected chi connectivity index (χ3v) is 6.00. The monoisotopic (exact) mass is 528 g/mol. The van der Waals surface area contributed by atoms with Gasteiger partial charge in [0.2, 0.25) is 0 Å². The predicted octanol–water partition coefficient (Wildman–Crippen LogP) is 1.52. The average molecular weight is 529 g/mol. The Morgan fingerprint density at radius 2 is 1.97 bits per heavy atom. The average Bonchev–Trinajstić information content (AvgIpc) is 3.33. The second-order valence-corrected chi connectivity index (χ2v) is 8.92. The van der Waals surface area contributed by atoms with Crippen molar-refractivity contribution >= 4 is 11.6 Å². The number of aromatic nitrogens is 2. The van der Waals surface area contributed by atoms with Crippen LogP contribution in [-0.4, -0.2) is 66.7 Å². The Labute approximate surface area is 211 Å². The van der Waals surface area contributed by atoms with Gasteiger partial charge in [0.15, 0.2) is 0 Å². The Morgan fingerprint density at radius 3 is 2.59 bits per heavy atom. The zero-order chi connectivity index (χ0) is 27.3. The number of benzene rings is 1. The van der Waals surface area contributed by atoms with E-state index in [1.54, 1.807) is 6.92 Å². The van der Waals surface area contributed by atoms with Crippen LogP contribution in [0.3, 0.4) is 0 Å². The summed E-state index contributed by atoms with van der Waals surface area (Å²) in [6.45, 7) is 1.42. The first-order valence-electron chi connectivity index (χ1n) is 11.8. The number of alkyl halides is 3. The van der Waals surface area contributed by atoms with Gasteiger partial charge in [-0.1, -0.05) is 0 Å². The van der Waals surface area contributed by atoms with E-state index in [1.165, 1.54) is 41.9 Å². The van der Waals surface area contributed by atoms with Crippen LogP contribution >= 0.6 is 0 Å². The van der Waals surface area contributed by atoms with Crippen LogP contribution in [0, 0.1) is 6.92 Å². The molecule has 1 aliphatic heterocycles. The van der Waals surface area contributed by atoms with Gasteiger partial charge in [0.1, 0.15) is 6.23 Å². The molecular weight excluding hydrogens is 497 g/mol. The summed E-state index contributed by atoms with van der Waals surface area (Å²) >= 11 is 0. The van der Waals surface area contributed by atoms with Crippen LogP contribution < -0.4 is 21.5 Å². The normalized spacial score (nSPS) is 17.7. The molecule has 10 nitrogen and oxygen atoms in total. The molecule has 2 N–H and O–H groups in total. The molecule has 37 heavy (non-hydrogen) atoms. The smallest absolute Gasteiger partial charge is 0.394 e. The number of hydrogen-bond donors (Lipinski definition) is 2. The maximum atomic E-state index is 13.4. The second kappa shape index (κ2) is 11.9. The quantitative estimate of drug-likeness (QED) is 0.450. The number of carbonyl (C=O) groups excluding carboxylic acids is 1. The lowest BCUT2D eigenvalue weighted by molar-refractivity contribution is -0.137. The Bertz CT molecular complexity index is 1220. The molecule has 2 atom stereocenters. The largest absolute Gasteiger partial charge is 0.418 e. The molecule has 13 heteroatoms. The number of carbonyl (C=O) groups is 1. The van der Waals surface area contributed by atoms with Gasteiger partial charge in [0.25, 0.3) is 11.5 Å². The van der Waals surface area contributed by atoms with Gasteiger partial charge in [-0.05, 0) is 38.0 Å². The summed E-state index contributed by atoms with van der Waals surface area (Å²) in [6.07, 6.45) is -2.98. The summed E-state index contributed by atoms with van der Waals surface area (Å²) in [5.74, 6) is -0.685. The summed E-state index contributed by atoms with van der Waals surface area (Å²) in [6, 6.07) is 3.35. The summed E-state index contributed by atoms with van der Waals surface area (Å²) in [7, 11) is 2.97. The number of ether oxygens (including phenoxy) is 2.